The molecule has 0 spiro atoms. The summed E-state index contributed by atoms with van der Waals surface area (Å²) in [6.45, 7) is 5.56. The number of hydrogen-bond acceptors (Lipinski definition) is 4. The zero-order valence-electron chi connectivity index (χ0n) is 15.9. The van der Waals surface area contributed by atoms with Crippen LogP contribution in [0.4, 0.5) is 11.5 Å². The summed E-state index contributed by atoms with van der Waals surface area (Å²) in [6, 6.07) is 18.7. The van der Waals surface area contributed by atoms with Gasteiger partial charge in [0.1, 0.15) is 17.6 Å². The van der Waals surface area contributed by atoms with Gasteiger partial charge >= 0.3 is 0 Å². The lowest BCUT2D eigenvalue weighted by Gasteiger charge is -2.22. The van der Waals surface area contributed by atoms with Crippen LogP contribution in [0, 0.1) is 18.3 Å². The molecule has 4 aromatic rings. The normalized spacial score (nSPS) is 13.1. The van der Waals surface area contributed by atoms with Gasteiger partial charge in [0, 0.05) is 12.2 Å². The average Bonchev–Trinajstić information content (AvgIpc) is 3.31. The van der Waals surface area contributed by atoms with Crippen molar-refractivity contribution >= 4 is 28.2 Å². The first-order chi connectivity index (χ1) is 13.7. The number of anilines is 2. The number of benzene rings is 2. The Morgan fingerprint density at radius 1 is 1.14 bits per heavy atom. The summed E-state index contributed by atoms with van der Waals surface area (Å²) >= 11 is 0. The van der Waals surface area contributed by atoms with E-state index in [2.05, 4.69) is 33.6 Å². The van der Waals surface area contributed by atoms with Gasteiger partial charge in [-0.1, -0.05) is 12.1 Å². The van der Waals surface area contributed by atoms with Crippen LogP contribution in [0.25, 0.3) is 16.7 Å². The summed E-state index contributed by atoms with van der Waals surface area (Å²) in [5.74, 6) is 1.99. The van der Waals surface area contributed by atoms with Gasteiger partial charge in [0.05, 0.1) is 23.2 Å². The molecular weight excluding hydrogens is 348 g/mol. The third-order valence-corrected chi connectivity index (χ3v) is 5.51. The molecule has 5 heteroatoms. The average molecular weight is 368 g/mol. The molecule has 28 heavy (non-hydrogen) atoms. The van der Waals surface area contributed by atoms with E-state index in [1.54, 1.807) is 0 Å². The van der Waals surface area contributed by atoms with Gasteiger partial charge in [0.15, 0.2) is 5.65 Å². The van der Waals surface area contributed by atoms with E-state index < -0.39 is 0 Å². The Morgan fingerprint density at radius 3 is 2.68 bits per heavy atom. The Kier molecular flexibility index (Phi) is 3.73. The van der Waals surface area contributed by atoms with Crippen molar-refractivity contribution in [2.24, 2.45) is 0 Å². The monoisotopic (exact) mass is 368 g/mol. The molecule has 0 atom stereocenters. The number of para-hydroxylation sites is 2. The lowest BCUT2D eigenvalue weighted by Crippen LogP contribution is -2.16. The predicted octanol–water partition coefficient (Wildman–Crippen LogP) is 4.76. The molecule has 1 aliphatic heterocycles. The van der Waals surface area contributed by atoms with Gasteiger partial charge in [-0.2, -0.15) is 5.26 Å². The van der Waals surface area contributed by atoms with E-state index in [1.807, 2.05) is 44.2 Å². The van der Waals surface area contributed by atoms with Gasteiger partial charge in [-0.05, 0) is 67.8 Å². The van der Waals surface area contributed by atoms with Gasteiger partial charge in [0.2, 0.25) is 0 Å². The number of fused-ring (bicyclic) bond motifs is 5. The Hall–Kier alpha value is -3.52. The first kappa shape index (κ1) is 16.6. The number of aromatic nitrogens is 2. The molecule has 138 valence electrons. The molecule has 0 N–H and O–H groups in total. The van der Waals surface area contributed by atoms with Crippen molar-refractivity contribution < 1.29 is 4.74 Å². The van der Waals surface area contributed by atoms with Crippen LogP contribution in [0.5, 0.6) is 5.75 Å². The molecule has 2 aromatic heterocycles. The Bertz CT molecular complexity index is 1250. The second kappa shape index (κ2) is 6.28. The zero-order valence-corrected chi connectivity index (χ0v) is 15.9. The zero-order chi connectivity index (χ0) is 19.3. The molecule has 0 fully saturated rings. The molecule has 0 unspecified atom stereocenters. The fourth-order valence-corrected chi connectivity index (χ4v) is 4.22. The molecule has 3 heterocycles. The fourth-order valence-electron chi connectivity index (χ4n) is 4.22. The summed E-state index contributed by atoms with van der Waals surface area (Å²) in [5.41, 5.74) is 6.72. The minimum Gasteiger partial charge on any atom is -0.494 e. The van der Waals surface area contributed by atoms with Gasteiger partial charge < -0.3 is 9.64 Å². The number of ether oxygens (including phenoxy) is 1. The summed E-state index contributed by atoms with van der Waals surface area (Å²) in [7, 11) is 0. The molecule has 5 nitrogen and oxygen atoms in total. The van der Waals surface area contributed by atoms with Crippen LogP contribution in [0.1, 0.15) is 23.6 Å². The summed E-state index contributed by atoms with van der Waals surface area (Å²) in [5, 5.41) is 9.81. The number of hydrogen-bond donors (Lipinski definition) is 0. The molecule has 0 bridgehead atoms. The topological polar surface area (TPSA) is 53.6 Å². The fraction of sp³-hybridized carbons (Fsp3) is 0.217. The van der Waals surface area contributed by atoms with Gasteiger partial charge in [0.25, 0.3) is 0 Å². The molecule has 0 saturated heterocycles. The molecule has 5 rings (SSSR count). The number of nitrogens with zero attached hydrogens (tertiary/aromatic N) is 4. The van der Waals surface area contributed by atoms with Crippen LogP contribution < -0.4 is 9.64 Å². The quantitative estimate of drug-likeness (QED) is 0.523. The highest BCUT2D eigenvalue weighted by molar-refractivity contribution is 5.88. The van der Waals surface area contributed by atoms with Crippen molar-refractivity contribution in [2.75, 3.05) is 18.1 Å². The maximum atomic E-state index is 9.81. The maximum Gasteiger partial charge on any atom is 0.157 e. The van der Waals surface area contributed by atoms with Crippen molar-refractivity contribution in [3.63, 3.8) is 0 Å². The van der Waals surface area contributed by atoms with Crippen LogP contribution in [0.15, 0.2) is 48.5 Å². The molecule has 0 aliphatic carbocycles. The van der Waals surface area contributed by atoms with E-state index in [-0.39, 0.29) is 0 Å². The first-order valence-corrected chi connectivity index (χ1v) is 9.56. The number of pyridine rings is 1. The molecule has 0 saturated carbocycles. The van der Waals surface area contributed by atoms with E-state index in [4.69, 9.17) is 9.72 Å². The van der Waals surface area contributed by atoms with Crippen LogP contribution in [0.2, 0.25) is 0 Å². The number of rotatable bonds is 3. The Balaban J connectivity index is 1.79. The van der Waals surface area contributed by atoms with Crippen molar-refractivity contribution in [2.45, 2.75) is 20.3 Å². The highest BCUT2D eigenvalue weighted by Crippen LogP contribution is 2.40. The predicted molar refractivity (Wildman–Crippen MR) is 110 cm³/mol. The number of nitriles is 1. The standard InChI is InChI=1S/C23H20N4O/c1-3-28-17-10-8-16(9-11-17)26-13-12-18-15(2)19(14-24)22-25-20-6-4-5-7-21(20)27(22)23(18)26/h4-11H,3,12-13H2,1-2H3. The van der Waals surface area contributed by atoms with Crippen molar-refractivity contribution in [1.29, 1.82) is 5.26 Å². The molecular formula is C23H20N4O. The van der Waals surface area contributed by atoms with Crippen molar-refractivity contribution in [1.82, 2.24) is 9.38 Å². The van der Waals surface area contributed by atoms with Gasteiger partial charge in [-0.15, -0.1) is 0 Å². The maximum absolute atomic E-state index is 9.81. The van der Waals surface area contributed by atoms with E-state index in [9.17, 15) is 5.26 Å². The molecule has 1 aliphatic rings. The second-order valence-corrected chi connectivity index (χ2v) is 7.00. The summed E-state index contributed by atoms with van der Waals surface area (Å²) < 4.78 is 7.74. The van der Waals surface area contributed by atoms with E-state index >= 15 is 0 Å². The highest BCUT2D eigenvalue weighted by atomic mass is 16.5. The van der Waals surface area contributed by atoms with Crippen molar-refractivity contribution in [3.05, 3.63) is 65.2 Å². The SMILES string of the molecule is CCOc1ccc(N2CCc3c(C)c(C#N)c4nc5ccccc5n4c32)cc1. The van der Waals surface area contributed by atoms with Crippen LogP contribution in [-0.2, 0) is 6.42 Å². The van der Waals surface area contributed by atoms with Gasteiger partial charge in [-0.25, -0.2) is 4.98 Å². The largest absolute Gasteiger partial charge is 0.494 e. The van der Waals surface area contributed by atoms with Crippen LogP contribution >= 0.6 is 0 Å². The Morgan fingerprint density at radius 2 is 1.93 bits per heavy atom. The second-order valence-electron chi connectivity index (χ2n) is 7.00. The van der Waals surface area contributed by atoms with E-state index in [1.165, 1.54) is 5.56 Å². The van der Waals surface area contributed by atoms with Crippen molar-refractivity contribution in [3.8, 4) is 11.8 Å². The smallest absolute Gasteiger partial charge is 0.157 e. The third kappa shape index (κ3) is 2.28. The molecule has 0 amide bonds. The Labute approximate surface area is 163 Å². The molecule has 2 aromatic carbocycles. The van der Waals surface area contributed by atoms with Crippen LogP contribution in [-0.4, -0.2) is 22.5 Å². The van der Waals surface area contributed by atoms with Crippen LogP contribution in [0.3, 0.4) is 0 Å². The third-order valence-electron chi connectivity index (χ3n) is 5.51. The first-order valence-electron chi connectivity index (χ1n) is 9.56. The number of imidazole rings is 1. The lowest BCUT2D eigenvalue weighted by atomic mass is 10.0. The molecule has 0 radical (unpaired) electrons. The minimum absolute atomic E-state index is 0.656. The highest BCUT2D eigenvalue weighted by Gasteiger charge is 2.29. The van der Waals surface area contributed by atoms with Gasteiger partial charge in [-0.3, -0.25) is 4.40 Å². The summed E-state index contributed by atoms with van der Waals surface area (Å²) in [6.07, 6.45) is 0.908. The lowest BCUT2D eigenvalue weighted by molar-refractivity contribution is 0.340. The minimum atomic E-state index is 0.656. The van der Waals surface area contributed by atoms with E-state index in [0.717, 1.165) is 52.5 Å². The summed E-state index contributed by atoms with van der Waals surface area (Å²) in [4.78, 5) is 7.10. The van der Waals surface area contributed by atoms with E-state index in [0.29, 0.717) is 12.2 Å².